The van der Waals surface area contributed by atoms with Crippen molar-refractivity contribution in [2.45, 2.75) is 46.5 Å². The van der Waals surface area contributed by atoms with Crippen molar-refractivity contribution in [3.8, 4) is 0 Å². The number of benzene rings is 1. The third-order valence-electron chi connectivity index (χ3n) is 4.88. The fraction of sp³-hybridized carbons (Fsp3) is 0.619. The van der Waals surface area contributed by atoms with Crippen molar-refractivity contribution in [3.05, 3.63) is 35.4 Å². The van der Waals surface area contributed by atoms with Crippen LogP contribution in [0.3, 0.4) is 0 Å². The van der Waals surface area contributed by atoms with Gasteiger partial charge in [-0.3, -0.25) is 9.59 Å². The van der Waals surface area contributed by atoms with Crippen LogP contribution in [0.2, 0.25) is 0 Å². The second kappa shape index (κ2) is 9.17. The summed E-state index contributed by atoms with van der Waals surface area (Å²) in [5.74, 6) is -0.741. The number of esters is 1. The third kappa shape index (κ3) is 7.56. The molecule has 1 unspecified atom stereocenters. The Bertz CT molecular complexity index is 605. The van der Waals surface area contributed by atoms with E-state index in [-0.39, 0.29) is 18.3 Å². The molecule has 0 saturated carbocycles. The molecule has 5 nitrogen and oxygen atoms in total. The van der Waals surface area contributed by atoms with Crippen LogP contribution in [0, 0.1) is 12.3 Å². The minimum absolute atomic E-state index is 0.112. The van der Waals surface area contributed by atoms with Crippen molar-refractivity contribution >= 4 is 11.9 Å². The lowest BCUT2D eigenvalue weighted by Gasteiger charge is -2.30. The van der Waals surface area contributed by atoms with Crippen LogP contribution >= 0.6 is 0 Å². The number of carboxylic acid groups (broad SMARTS) is 1. The summed E-state index contributed by atoms with van der Waals surface area (Å²) in [5, 5.41) is 8.79. The highest BCUT2D eigenvalue weighted by atomic mass is 16.5. The van der Waals surface area contributed by atoms with Gasteiger partial charge in [0.15, 0.2) is 0 Å². The number of aliphatic carboxylic acids is 1. The van der Waals surface area contributed by atoms with E-state index in [1.165, 1.54) is 11.1 Å². The zero-order chi connectivity index (χ0) is 20.0. The van der Waals surface area contributed by atoms with Gasteiger partial charge in [0, 0.05) is 0 Å². The summed E-state index contributed by atoms with van der Waals surface area (Å²) >= 11 is 0. The number of nitrogens with zero attached hydrogens (tertiary/aromatic N) is 1. The molecule has 0 aliphatic rings. The molecule has 0 radical (unpaired) electrons. The fourth-order valence-electron chi connectivity index (χ4n) is 2.95. The summed E-state index contributed by atoms with van der Waals surface area (Å²) in [5.41, 5.74) is 1.88. The number of carbonyl (C=O) groups excluding carboxylic acids is 1. The molecule has 0 amide bonds. The highest BCUT2D eigenvalue weighted by molar-refractivity contribution is 5.76. The van der Waals surface area contributed by atoms with Gasteiger partial charge >= 0.3 is 11.9 Å². The van der Waals surface area contributed by atoms with E-state index in [9.17, 15) is 9.59 Å². The third-order valence-corrected chi connectivity index (χ3v) is 4.88. The van der Waals surface area contributed by atoms with E-state index < -0.39 is 11.4 Å². The molecule has 0 saturated heterocycles. The molecule has 0 aromatic heterocycles. The Labute approximate surface area is 157 Å². The molecule has 0 aliphatic heterocycles. The molecule has 0 bridgehead atoms. The van der Waals surface area contributed by atoms with Gasteiger partial charge in [0.2, 0.25) is 0 Å². The molecule has 146 valence electrons. The fourth-order valence-corrected chi connectivity index (χ4v) is 2.95. The van der Waals surface area contributed by atoms with E-state index in [0.717, 1.165) is 0 Å². The number of hydrogen-bond acceptors (Lipinski definition) is 3. The zero-order valence-corrected chi connectivity index (χ0v) is 17.0. The molecular formula is C21H34NO4+. The SMILES string of the molecule is Cc1ccc(C(C)CC(C)(C)C(=O)OCC[N+](C)(C)CCC(=O)O)cc1. The van der Waals surface area contributed by atoms with Crippen LogP contribution in [0.4, 0.5) is 0 Å². The molecular weight excluding hydrogens is 330 g/mol. The Morgan fingerprint density at radius 1 is 1.15 bits per heavy atom. The van der Waals surface area contributed by atoms with Gasteiger partial charge in [-0.1, -0.05) is 36.8 Å². The molecule has 0 spiro atoms. The van der Waals surface area contributed by atoms with Crippen molar-refractivity contribution in [1.82, 2.24) is 0 Å². The number of aryl methyl sites for hydroxylation is 1. The minimum Gasteiger partial charge on any atom is -0.481 e. The number of ether oxygens (including phenoxy) is 1. The maximum Gasteiger partial charge on any atom is 0.311 e. The topological polar surface area (TPSA) is 63.6 Å². The van der Waals surface area contributed by atoms with Crippen LogP contribution in [0.15, 0.2) is 24.3 Å². The highest BCUT2D eigenvalue weighted by Gasteiger charge is 2.32. The first-order valence-electron chi connectivity index (χ1n) is 9.20. The van der Waals surface area contributed by atoms with E-state index in [1.54, 1.807) is 0 Å². The number of carboxylic acids is 1. The average molecular weight is 365 g/mol. The highest BCUT2D eigenvalue weighted by Crippen LogP contribution is 2.32. The summed E-state index contributed by atoms with van der Waals surface area (Å²) in [7, 11) is 3.89. The molecule has 1 aromatic rings. The van der Waals surface area contributed by atoms with E-state index in [0.29, 0.717) is 30.6 Å². The minimum atomic E-state index is -0.806. The van der Waals surface area contributed by atoms with Gasteiger partial charge in [-0.25, -0.2) is 0 Å². The molecule has 0 fully saturated rings. The average Bonchev–Trinajstić information content (AvgIpc) is 2.53. The van der Waals surface area contributed by atoms with Gasteiger partial charge in [0.1, 0.15) is 13.2 Å². The van der Waals surface area contributed by atoms with Crippen LogP contribution in [0.5, 0.6) is 0 Å². The van der Waals surface area contributed by atoms with Gasteiger partial charge in [0.05, 0.1) is 32.5 Å². The second-order valence-corrected chi connectivity index (χ2v) is 8.56. The number of likely N-dealkylation sites (N-methyl/N-ethyl adjacent to an activating group) is 1. The van der Waals surface area contributed by atoms with Crippen molar-refractivity contribution in [2.24, 2.45) is 5.41 Å². The number of rotatable bonds is 10. The second-order valence-electron chi connectivity index (χ2n) is 8.56. The number of quaternary nitrogens is 1. The van der Waals surface area contributed by atoms with Crippen LogP contribution in [0.1, 0.15) is 50.7 Å². The van der Waals surface area contributed by atoms with E-state index in [2.05, 4.69) is 38.1 Å². The lowest BCUT2D eigenvalue weighted by atomic mass is 9.80. The first-order valence-corrected chi connectivity index (χ1v) is 9.20. The van der Waals surface area contributed by atoms with E-state index >= 15 is 0 Å². The first-order chi connectivity index (χ1) is 11.9. The Morgan fingerprint density at radius 3 is 2.27 bits per heavy atom. The largest absolute Gasteiger partial charge is 0.481 e. The Kier molecular flexibility index (Phi) is 7.82. The maximum atomic E-state index is 12.5. The monoisotopic (exact) mass is 364 g/mol. The standard InChI is InChI=1S/C21H33NO4/c1-16-7-9-18(10-8-16)17(2)15-21(3,4)20(25)26-14-13-22(5,6)12-11-19(23)24/h7-10,17H,11-15H2,1-6H3/p+1. The quantitative estimate of drug-likeness (QED) is 0.509. The molecule has 1 rings (SSSR count). The van der Waals surface area contributed by atoms with Crippen LogP contribution in [-0.4, -0.2) is 55.3 Å². The van der Waals surface area contributed by atoms with E-state index in [1.807, 2.05) is 27.9 Å². The predicted octanol–water partition coefficient (Wildman–Crippen LogP) is 3.61. The zero-order valence-electron chi connectivity index (χ0n) is 17.0. The number of carbonyl (C=O) groups is 2. The van der Waals surface area contributed by atoms with Gasteiger partial charge in [0.25, 0.3) is 0 Å². The summed E-state index contributed by atoms with van der Waals surface area (Å²) in [6.45, 7) is 9.45. The molecule has 0 aliphatic carbocycles. The molecule has 5 heteroatoms. The Hall–Kier alpha value is -1.88. The molecule has 1 aromatic carbocycles. The lowest BCUT2D eigenvalue weighted by molar-refractivity contribution is -0.889. The summed E-state index contributed by atoms with van der Waals surface area (Å²) in [6, 6.07) is 8.41. The van der Waals surface area contributed by atoms with Gasteiger partial charge in [-0.2, -0.15) is 0 Å². The maximum absolute atomic E-state index is 12.5. The predicted molar refractivity (Wildman–Crippen MR) is 103 cm³/mol. The molecule has 0 heterocycles. The summed E-state index contributed by atoms with van der Waals surface area (Å²) in [4.78, 5) is 23.2. The smallest absolute Gasteiger partial charge is 0.311 e. The van der Waals surface area contributed by atoms with Crippen LogP contribution in [0.25, 0.3) is 0 Å². The normalized spacial score (nSPS) is 13.3. The molecule has 1 N–H and O–H groups in total. The lowest BCUT2D eigenvalue weighted by Crippen LogP contribution is -2.44. The molecule has 26 heavy (non-hydrogen) atoms. The summed E-state index contributed by atoms with van der Waals surface area (Å²) < 4.78 is 6.02. The first kappa shape index (κ1) is 22.2. The van der Waals surface area contributed by atoms with Crippen molar-refractivity contribution < 1.29 is 23.9 Å². The van der Waals surface area contributed by atoms with Crippen molar-refractivity contribution in [3.63, 3.8) is 0 Å². The van der Waals surface area contributed by atoms with E-state index in [4.69, 9.17) is 9.84 Å². The Morgan fingerprint density at radius 2 is 1.73 bits per heavy atom. The van der Waals surface area contributed by atoms with Crippen molar-refractivity contribution in [1.29, 1.82) is 0 Å². The van der Waals surface area contributed by atoms with Crippen molar-refractivity contribution in [2.75, 3.05) is 33.8 Å². The summed E-state index contributed by atoms with van der Waals surface area (Å²) in [6.07, 6.45) is 0.826. The van der Waals surface area contributed by atoms with Crippen LogP contribution < -0.4 is 0 Å². The van der Waals surface area contributed by atoms with Gasteiger partial charge in [-0.05, 0) is 38.7 Å². The van der Waals surface area contributed by atoms with Gasteiger partial charge < -0.3 is 14.3 Å². The van der Waals surface area contributed by atoms with Gasteiger partial charge in [-0.15, -0.1) is 0 Å². The molecule has 1 atom stereocenters. The number of hydrogen-bond donors (Lipinski definition) is 1. The van der Waals surface area contributed by atoms with Crippen LogP contribution in [-0.2, 0) is 14.3 Å². The Balaban J connectivity index is 2.51.